The van der Waals surface area contributed by atoms with Crippen LogP contribution < -0.4 is 5.32 Å². The van der Waals surface area contributed by atoms with Crippen molar-refractivity contribution in [3.05, 3.63) is 40.2 Å². The highest BCUT2D eigenvalue weighted by molar-refractivity contribution is 7.08. The number of pyridine rings is 1. The summed E-state index contributed by atoms with van der Waals surface area (Å²) in [4.78, 5) is 4.96. The first-order valence-corrected chi connectivity index (χ1v) is 9.80. The molecule has 3 nitrogen and oxygen atoms in total. The molecule has 0 amide bonds. The summed E-state index contributed by atoms with van der Waals surface area (Å²) in [7, 11) is 0. The van der Waals surface area contributed by atoms with Crippen molar-refractivity contribution in [3.8, 4) is 11.3 Å². The van der Waals surface area contributed by atoms with Gasteiger partial charge in [0.1, 0.15) is 17.2 Å². The summed E-state index contributed by atoms with van der Waals surface area (Å²) < 4.78 is 2.25. The van der Waals surface area contributed by atoms with Crippen molar-refractivity contribution in [3.63, 3.8) is 0 Å². The third-order valence-corrected chi connectivity index (χ3v) is 4.96. The van der Waals surface area contributed by atoms with Gasteiger partial charge in [0.05, 0.1) is 0 Å². The number of nitrogens with zero attached hydrogens (tertiary/aromatic N) is 2. The van der Waals surface area contributed by atoms with E-state index in [0.29, 0.717) is 0 Å². The molecule has 3 aromatic heterocycles. The van der Waals surface area contributed by atoms with Crippen molar-refractivity contribution in [1.29, 1.82) is 0 Å². The number of aryl methyl sites for hydroxylation is 2. The molecule has 0 bridgehead atoms. The number of thiophene rings is 1. The minimum Gasteiger partial charge on any atom is -0.364 e. The van der Waals surface area contributed by atoms with E-state index < -0.39 is 0 Å². The SMILES string of the molecule is Cc1cc(C)n2c(NC(C)(C)CC(C)(C)C)c(-c3ccsc3)nc2c1. The lowest BCUT2D eigenvalue weighted by Crippen LogP contribution is -2.36. The molecular weight excluding hydrogens is 326 g/mol. The first kappa shape index (κ1) is 18.0. The molecule has 3 aromatic rings. The maximum atomic E-state index is 4.96. The van der Waals surface area contributed by atoms with Gasteiger partial charge in [-0.15, -0.1) is 0 Å². The molecule has 0 radical (unpaired) electrons. The molecule has 0 aliphatic carbocycles. The van der Waals surface area contributed by atoms with Crippen LogP contribution in [0.15, 0.2) is 29.0 Å². The van der Waals surface area contributed by atoms with Crippen LogP contribution in [0.1, 0.15) is 52.3 Å². The van der Waals surface area contributed by atoms with Crippen molar-refractivity contribution >= 4 is 22.8 Å². The first-order valence-electron chi connectivity index (χ1n) is 8.86. The number of rotatable bonds is 4. The lowest BCUT2D eigenvalue weighted by atomic mass is 9.82. The van der Waals surface area contributed by atoms with Gasteiger partial charge < -0.3 is 5.32 Å². The summed E-state index contributed by atoms with van der Waals surface area (Å²) in [6.07, 6.45) is 1.07. The number of anilines is 1. The average molecular weight is 356 g/mol. The topological polar surface area (TPSA) is 29.3 Å². The molecule has 4 heteroatoms. The molecule has 0 saturated carbocycles. The molecule has 0 aliphatic heterocycles. The van der Waals surface area contributed by atoms with E-state index >= 15 is 0 Å². The van der Waals surface area contributed by atoms with Crippen LogP contribution >= 0.6 is 11.3 Å². The fraction of sp³-hybridized carbons (Fsp3) is 0.476. The maximum Gasteiger partial charge on any atom is 0.139 e. The molecule has 1 N–H and O–H groups in total. The van der Waals surface area contributed by atoms with Crippen LogP contribution in [0.5, 0.6) is 0 Å². The van der Waals surface area contributed by atoms with Gasteiger partial charge in [-0.2, -0.15) is 11.3 Å². The van der Waals surface area contributed by atoms with Gasteiger partial charge in [0, 0.05) is 22.2 Å². The summed E-state index contributed by atoms with van der Waals surface area (Å²) >= 11 is 1.71. The third kappa shape index (κ3) is 3.90. The zero-order valence-corrected chi connectivity index (χ0v) is 17.2. The Balaban J connectivity index is 2.16. The Kier molecular flexibility index (Phi) is 4.44. The number of hydrogen-bond acceptors (Lipinski definition) is 3. The van der Waals surface area contributed by atoms with E-state index in [0.717, 1.165) is 23.6 Å². The molecule has 0 aromatic carbocycles. The Labute approximate surface area is 155 Å². The second kappa shape index (κ2) is 6.17. The van der Waals surface area contributed by atoms with Crippen LogP contribution in [-0.4, -0.2) is 14.9 Å². The molecule has 0 fully saturated rings. The Morgan fingerprint density at radius 3 is 2.44 bits per heavy atom. The smallest absolute Gasteiger partial charge is 0.139 e. The summed E-state index contributed by atoms with van der Waals surface area (Å²) in [5.74, 6) is 1.10. The number of hydrogen-bond donors (Lipinski definition) is 1. The van der Waals surface area contributed by atoms with Crippen LogP contribution in [0.25, 0.3) is 16.9 Å². The average Bonchev–Trinajstić information content (AvgIpc) is 3.02. The van der Waals surface area contributed by atoms with Gasteiger partial charge in [-0.3, -0.25) is 4.40 Å². The Morgan fingerprint density at radius 2 is 1.84 bits per heavy atom. The largest absolute Gasteiger partial charge is 0.364 e. The number of fused-ring (bicyclic) bond motifs is 1. The standard InChI is InChI=1S/C21H29N3S/c1-14-10-15(2)24-17(11-14)22-18(16-8-9-25-12-16)19(24)23-21(6,7)13-20(3,4)5/h8-12,23H,13H2,1-7H3. The van der Waals surface area contributed by atoms with E-state index in [-0.39, 0.29) is 11.0 Å². The molecule has 0 saturated heterocycles. The van der Waals surface area contributed by atoms with Crippen LogP contribution in [0, 0.1) is 19.3 Å². The van der Waals surface area contributed by atoms with Crippen molar-refractivity contribution < 1.29 is 0 Å². The van der Waals surface area contributed by atoms with Crippen LogP contribution in [0.3, 0.4) is 0 Å². The van der Waals surface area contributed by atoms with Gasteiger partial charge in [0.15, 0.2) is 0 Å². The monoisotopic (exact) mass is 355 g/mol. The second-order valence-corrected chi connectivity index (χ2v) is 9.72. The second-order valence-electron chi connectivity index (χ2n) is 8.94. The molecule has 3 rings (SSSR count). The lowest BCUT2D eigenvalue weighted by molar-refractivity contribution is 0.302. The number of nitrogens with one attached hydrogen (secondary N) is 1. The molecular formula is C21H29N3S. The van der Waals surface area contributed by atoms with E-state index in [9.17, 15) is 0 Å². The van der Waals surface area contributed by atoms with Crippen LogP contribution in [0.2, 0.25) is 0 Å². The van der Waals surface area contributed by atoms with Crippen molar-refractivity contribution in [2.75, 3.05) is 5.32 Å². The quantitative estimate of drug-likeness (QED) is 0.594. The highest BCUT2D eigenvalue weighted by atomic mass is 32.1. The molecule has 0 atom stereocenters. The summed E-state index contributed by atoms with van der Waals surface area (Å²) in [5, 5.41) is 8.11. The zero-order chi connectivity index (χ0) is 18.4. The maximum absolute atomic E-state index is 4.96. The predicted molar refractivity (Wildman–Crippen MR) is 110 cm³/mol. The van der Waals surface area contributed by atoms with Crippen molar-refractivity contribution in [1.82, 2.24) is 9.38 Å². The Morgan fingerprint density at radius 1 is 1.12 bits per heavy atom. The predicted octanol–water partition coefficient (Wildman–Crippen LogP) is 6.31. The van der Waals surface area contributed by atoms with Gasteiger partial charge in [-0.1, -0.05) is 20.8 Å². The number of imidazole rings is 1. The lowest BCUT2D eigenvalue weighted by Gasteiger charge is -2.34. The fourth-order valence-corrected chi connectivity index (χ4v) is 4.58. The molecule has 25 heavy (non-hydrogen) atoms. The van der Waals surface area contributed by atoms with E-state index in [1.54, 1.807) is 11.3 Å². The third-order valence-electron chi connectivity index (χ3n) is 4.27. The molecule has 0 spiro atoms. The van der Waals surface area contributed by atoms with Gasteiger partial charge in [-0.25, -0.2) is 4.98 Å². The van der Waals surface area contributed by atoms with Crippen LogP contribution in [0.4, 0.5) is 5.82 Å². The minimum absolute atomic E-state index is 0.0314. The summed E-state index contributed by atoms with van der Waals surface area (Å²) in [6.45, 7) is 15.7. The van der Waals surface area contributed by atoms with Crippen molar-refractivity contribution in [2.45, 2.75) is 60.4 Å². The molecule has 3 heterocycles. The number of aromatic nitrogens is 2. The first-order chi connectivity index (χ1) is 11.6. The van der Waals surface area contributed by atoms with Gasteiger partial charge in [0.2, 0.25) is 0 Å². The highest BCUT2D eigenvalue weighted by Gasteiger charge is 2.28. The van der Waals surface area contributed by atoms with Crippen LogP contribution in [-0.2, 0) is 0 Å². The molecule has 0 unspecified atom stereocenters. The zero-order valence-electron chi connectivity index (χ0n) is 16.4. The van der Waals surface area contributed by atoms with Gasteiger partial charge in [-0.05, 0) is 68.7 Å². The fourth-order valence-electron chi connectivity index (χ4n) is 3.94. The minimum atomic E-state index is -0.0314. The Bertz CT molecular complexity index is 880. The van der Waals surface area contributed by atoms with Crippen molar-refractivity contribution in [2.24, 2.45) is 5.41 Å². The summed E-state index contributed by atoms with van der Waals surface area (Å²) in [6, 6.07) is 6.52. The van der Waals surface area contributed by atoms with E-state index in [1.807, 2.05) is 0 Å². The molecule has 134 valence electrons. The highest BCUT2D eigenvalue weighted by Crippen LogP contribution is 2.36. The normalized spacial score (nSPS) is 12.8. The van der Waals surface area contributed by atoms with E-state index in [2.05, 4.69) is 87.1 Å². The van der Waals surface area contributed by atoms with E-state index in [4.69, 9.17) is 4.98 Å². The summed E-state index contributed by atoms with van der Waals surface area (Å²) in [5.41, 5.74) is 5.90. The van der Waals surface area contributed by atoms with Gasteiger partial charge in [0.25, 0.3) is 0 Å². The van der Waals surface area contributed by atoms with Gasteiger partial charge >= 0.3 is 0 Å². The van der Waals surface area contributed by atoms with E-state index in [1.165, 1.54) is 16.8 Å². The molecule has 0 aliphatic rings. The Hall–Kier alpha value is -1.81.